The van der Waals surface area contributed by atoms with Crippen molar-refractivity contribution in [1.82, 2.24) is 9.55 Å². The highest BCUT2D eigenvalue weighted by Gasteiger charge is 2.16. The number of carbonyl (C=O) groups is 2. The van der Waals surface area contributed by atoms with E-state index in [2.05, 4.69) is 10.3 Å². The van der Waals surface area contributed by atoms with Crippen LogP contribution >= 0.6 is 11.8 Å². The van der Waals surface area contributed by atoms with Crippen molar-refractivity contribution in [2.45, 2.75) is 11.7 Å². The van der Waals surface area contributed by atoms with Gasteiger partial charge in [-0.2, -0.15) is 0 Å². The smallest absolute Gasteiger partial charge is 0.339 e. The summed E-state index contributed by atoms with van der Waals surface area (Å²) >= 11 is 1.15. The van der Waals surface area contributed by atoms with Gasteiger partial charge in [-0.3, -0.25) is 14.2 Å². The molecule has 0 radical (unpaired) electrons. The van der Waals surface area contributed by atoms with Crippen LogP contribution in [0.4, 0.5) is 5.69 Å². The topological polar surface area (TPSA) is 99.5 Å². The van der Waals surface area contributed by atoms with E-state index in [1.54, 1.807) is 54.1 Å². The van der Waals surface area contributed by atoms with Crippen molar-refractivity contribution in [2.24, 2.45) is 0 Å². The first-order valence-corrected chi connectivity index (χ1v) is 11.7. The largest absolute Gasteiger partial charge is 0.497 e. The van der Waals surface area contributed by atoms with E-state index in [4.69, 9.17) is 9.47 Å². The van der Waals surface area contributed by atoms with Gasteiger partial charge in [-0.05, 0) is 42.0 Å². The van der Waals surface area contributed by atoms with E-state index in [1.165, 1.54) is 7.11 Å². The number of para-hydroxylation sites is 2. The van der Waals surface area contributed by atoms with Crippen molar-refractivity contribution in [1.29, 1.82) is 0 Å². The third-order valence-electron chi connectivity index (χ3n) is 5.27. The number of hydrogen-bond acceptors (Lipinski definition) is 7. The van der Waals surface area contributed by atoms with Gasteiger partial charge < -0.3 is 14.8 Å². The summed E-state index contributed by atoms with van der Waals surface area (Å²) in [5.41, 5.74) is 1.87. The number of nitrogens with zero attached hydrogens (tertiary/aromatic N) is 2. The highest BCUT2D eigenvalue weighted by Crippen LogP contribution is 2.21. The van der Waals surface area contributed by atoms with Crippen LogP contribution in [-0.4, -0.2) is 41.4 Å². The fourth-order valence-electron chi connectivity index (χ4n) is 3.51. The molecular weight excluding hydrogens is 466 g/mol. The molecule has 1 amide bonds. The number of ether oxygens (including phenoxy) is 2. The third-order valence-corrected chi connectivity index (χ3v) is 6.24. The van der Waals surface area contributed by atoms with Crippen LogP contribution in [0.2, 0.25) is 0 Å². The molecule has 9 heteroatoms. The minimum Gasteiger partial charge on any atom is -0.497 e. The summed E-state index contributed by atoms with van der Waals surface area (Å²) in [5.74, 6) is -0.179. The molecule has 8 nitrogen and oxygen atoms in total. The molecule has 0 saturated carbocycles. The highest BCUT2D eigenvalue weighted by molar-refractivity contribution is 7.99. The van der Waals surface area contributed by atoms with E-state index >= 15 is 0 Å². The first kappa shape index (κ1) is 24.0. The number of methoxy groups -OCH3 is 2. The quantitative estimate of drug-likeness (QED) is 0.227. The van der Waals surface area contributed by atoms with Gasteiger partial charge in [0.25, 0.3) is 5.56 Å². The number of fused-ring (bicyclic) bond motifs is 1. The molecular formula is C26H23N3O5S. The molecule has 1 heterocycles. The van der Waals surface area contributed by atoms with E-state index in [9.17, 15) is 14.4 Å². The minimum atomic E-state index is -0.543. The SMILES string of the molecule is COC(=O)c1ccccc1NC(=O)CSc1nc2ccccc2c(=O)n1Cc1ccc(OC)cc1. The molecule has 0 fully saturated rings. The zero-order chi connectivity index (χ0) is 24.8. The van der Waals surface area contributed by atoms with Gasteiger partial charge in [0.2, 0.25) is 5.91 Å². The monoisotopic (exact) mass is 489 g/mol. The van der Waals surface area contributed by atoms with Crippen molar-refractivity contribution >= 4 is 40.2 Å². The normalized spacial score (nSPS) is 10.7. The average Bonchev–Trinajstić information content (AvgIpc) is 2.89. The van der Waals surface area contributed by atoms with Crippen LogP contribution in [0, 0.1) is 0 Å². The minimum absolute atomic E-state index is 0.0110. The number of anilines is 1. The molecule has 4 aromatic rings. The molecule has 1 aromatic heterocycles. The van der Waals surface area contributed by atoms with E-state index in [0.717, 1.165) is 23.1 Å². The second kappa shape index (κ2) is 10.9. The van der Waals surface area contributed by atoms with Gasteiger partial charge in [0.1, 0.15) is 5.75 Å². The van der Waals surface area contributed by atoms with Crippen LogP contribution < -0.4 is 15.6 Å². The zero-order valence-electron chi connectivity index (χ0n) is 19.2. The Morgan fingerprint density at radius 3 is 2.43 bits per heavy atom. The molecule has 0 spiro atoms. The fourth-order valence-corrected chi connectivity index (χ4v) is 4.31. The Morgan fingerprint density at radius 1 is 0.971 bits per heavy atom. The lowest BCUT2D eigenvalue weighted by Gasteiger charge is -2.14. The number of benzene rings is 3. The summed E-state index contributed by atoms with van der Waals surface area (Å²) in [4.78, 5) is 42.7. The number of rotatable bonds is 8. The first-order chi connectivity index (χ1) is 17.0. The molecule has 178 valence electrons. The Bertz CT molecular complexity index is 1430. The Kier molecular flexibility index (Phi) is 7.47. The lowest BCUT2D eigenvalue weighted by molar-refractivity contribution is -0.113. The van der Waals surface area contributed by atoms with E-state index in [1.807, 2.05) is 30.3 Å². The van der Waals surface area contributed by atoms with Gasteiger partial charge in [-0.1, -0.05) is 48.2 Å². The van der Waals surface area contributed by atoms with Crippen LogP contribution in [0.5, 0.6) is 5.75 Å². The molecule has 0 unspecified atom stereocenters. The summed E-state index contributed by atoms with van der Waals surface area (Å²) in [7, 11) is 2.88. The summed E-state index contributed by atoms with van der Waals surface area (Å²) in [6.07, 6.45) is 0. The maximum atomic E-state index is 13.3. The maximum Gasteiger partial charge on any atom is 0.339 e. The maximum absolute atomic E-state index is 13.3. The number of aromatic nitrogens is 2. The first-order valence-electron chi connectivity index (χ1n) is 10.7. The molecule has 3 aromatic carbocycles. The number of nitrogens with one attached hydrogen (secondary N) is 1. The summed E-state index contributed by atoms with van der Waals surface area (Å²) < 4.78 is 11.5. The number of carbonyl (C=O) groups excluding carboxylic acids is 2. The second-order valence-corrected chi connectivity index (χ2v) is 8.47. The van der Waals surface area contributed by atoms with Gasteiger partial charge in [-0.15, -0.1) is 0 Å². The van der Waals surface area contributed by atoms with Crippen LogP contribution in [0.1, 0.15) is 15.9 Å². The summed E-state index contributed by atoms with van der Waals surface area (Å²) in [6.45, 7) is 0.287. The van der Waals surface area contributed by atoms with Gasteiger partial charge >= 0.3 is 5.97 Å². The second-order valence-electron chi connectivity index (χ2n) is 7.52. The van der Waals surface area contributed by atoms with Crippen molar-refractivity contribution in [2.75, 3.05) is 25.3 Å². The van der Waals surface area contributed by atoms with Crippen molar-refractivity contribution in [3.63, 3.8) is 0 Å². The summed E-state index contributed by atoms with van der Waals surface area (Å²) in [5, 5.41) is 3.66. The van der Waals surface area contributed by atoms with Crippen molar-refractivity contribution in [3.05, 3.63) is 94.3 Å². The van der Waals surface area contributed by atoms with E-state index < -0.39 is 5.97 Å². The van der Waals surface area contributed by atoms with Crippen LogP contribution in [0.25, 0.3) is 10.9 Å². The molecule has 0 aliphatic carbocycles. The van der Waals surface area contributed by atoms with Gasteiger partial charge in [0.15, 0.2) is 5.16 Å². The molecule has 0 aliphatic rings. The molecule has 35 heavy (non-hydrogen) atoms. The van der Waals surface area contributed by atoms with Gasteiger partial charge in [0.05, 0.1) is 48.7 Å². The van der Waals surface area contributed by atoms with Crippen LogP contribution in [-0.2, 0) is 16.1 Å². The molecule has 4 rings (SSSR count). The standard InChI is InChI=1S/C26H23N3O5S/c1-33-18-13-11-17(12-14-18)15-29-24(31)19-7-3-5-9-21(19)28-26(29)35-16-23(30)27-22-10-6-4-8-20(22)25(32)34-2/h3-14H,15-16H2,1-2H3,(H,27,30). The number of thioether (sulfide) groups is 1. The predicted molar refractivity (Wildman–Crippen MR) is 135 cm³/mol. The Morgan fingerprint density at radius 2 is 1.69 bits per heavy atom. The lowest BCUT2D eigenvalue weighted by Crippen LogP contribution is -2.25. The molecule has 0 saturated heterocycles. The van der Waals surface area contributed by atoms with E-state index in [-0.39, 0.29) is 29.3 Å². The van der Waals surface area contributed by atoms with Crippen molar-refractivity contribution in [3.8, 4) is 5.75 Å². The summed E-state index contributed by atoms with van der Waals surface area (Å²) in [6, 6.07) is 21.1. The Hall–Kier alpha value is -4.11. The Balaban J connectivity index is 1.59. The predicted octanol–water partition coefficient (Wildman–Crippen LogP) is 3.97. The van der Waals surface area contributed by atoms with Gasteiger partial charge in [-0.25, -0.2) is 9.78 Å². The number of hydrogen-bond donors (Lipinski definition) is 1. The lowest BCUT2D eigenvalue weighted by atomic mass is 10.2. The van der Waals surface area contributed by atoms with E-state index in [0.29, 0.717) is 21.7 Å². The molecule has 1 N–H and O–H groups in total. The molecule has 0 atom stereocenters. The van der Waals surface area contributed by atoms with Gasteiger partial charge in [0, 0.05) is 0 Å². The van der Waals surface area contributed by atoms with Crippen LogP contribution in [0.15, 0.2) is 82.7 Å². The average molecular weight is 490 g/mol. The number of esters is 1. The Labute approximate surface area is 205 Å². The van der Waals surface area contributed by atoms with Crippen molar-refractivity contribution < 1.29 is 19.1 Å². The fraction of sp³-hybridized carbons (Fsp3) is 0.154. The highest BCUT2D eigenvalue weighted by atomic mass is 32.2. The zero-order valence-corrected chi connectivity index (χ0v) is 20.0. The molecule has 0 bridgehead atoms. The number of amides is 1. The third kappa shape index (κ3) is 5.52. The molecule has 0 aliphatic heterocycles. The van der Waals surface area contributed by atoms with Crippen LogP contribution in [0.3, 0.4) is 0 Å².